The predicted octanol–water partition coefficient (Wildman–Crippen LogP) is 3.23. The van der Waals surface area contributed by atoms with Gasteiger partial charge in [-0.1, -0.05) is 0 Å². The monoisotopic (exact) mass is 264 g/mol. The Balaban J connectivity index is 3.31. The molecule has 0 aromatic heterocycles. The Labute approximate surface area is 76.3 Å². The maximum Gasteiger partial charge on any atom is 0.117 e. The van der Waals surface area contributed by atoms with Crippen LogP contribution in [0.15, 0.2) is 21.1 Å². The third-order valence-electron chi connectivity index (χ3n) is 1.19. The summed E-state index contributed by atoms with van der Waals surface area (Å²) in [5.41, 5.74) is 1.02. The molecule has 1 nitrogen and oxygen atoms in total. The van der Waals surface area contributed by atoms with Crippen molar-refractivity contribution in [2.24, 2.45) is 0 Å². The Morgan fingerprint density at radius 2 is 1.90 bits per heavy atom. The molecule has 0 aliphatic heterocycles. The van der Waals surface area contributed by atoms with Gasteiger partial charge in [0.15, 0.2) is 0 Å². The van der Waals surface area contributed by atoms with Crippen LogP contribution in [0.2, 0.25) is 0 Å². The summed E-state index contributed by atoms with van der Waals surface area (Å²) in [6.07, 6.45) is 0. The molecule has 0 heterocycles. The van der Waals surface area contributed by atoms with E-state index in [-0.39, 0.29) is 5.75 Å². The van der Waals surface area contributed by atoms with Crippen molar-refractivity contribution >= 4 is 31.9 Å². The van der Waals surface area contributed by atoms with E-state index in [9.17, 15) is 0 Å². The van der Waals surface area contributed by atoms with Gasteiger partial charge in [-0.05, 0) is 56.5 Å². The summed E-state index contributed by atoms with van der Waals surface area (Å²) in [5.74, 6) is 0.285. The molecule has 0 spiro atoms. The van der Waals surface area contributed by atoms with Crippen LogP contribution in [0.3, 0.4) is 0 Å². The van der Waals surface area contributed by atoms with Gasteiger partial charge in [-0.25, -0.2) is 0 Å². The van der Waals surface area contributed by atoms with Crippen LogP contribution in [0, 0.1) is 6.92 Å². The van der Waals surface area contributed by atoms with Crippen molar-refractivity contribution in [3.05, 3.63) is 26.6 Å². The van der Waals surface area contributed by atoms with Crippen LogP contribution in [0.1, 0.15) is 5.56 Å². The molecule has 0 radical (unpaired) electrons. The molecule has 10 heavy (non-hydrogen) atoms. The van der Waals surface area contributed by atoms with Crippen molar-refractivity contribution in [3.8, 4) is 5.75 Å². The van der Waals surface area contributed by atoms with Gasteiger partial charge in [0.1, 0.15) is 5.75 Å². The molecule has 0 aliphatic carbocycles. The highest BCUT2D eigenvalue weighted by atomic mass is 79.9. The second-order valence-corrected chi connectivity index (χ2v) is 3.71. The van der Waals surface area contributed by atoms with E-state index < -0.39 is 0 Å². The first-order valence-electron chi connectivity index (χ1n) is 2.76. The molecular formula is C7H6Br2O. The summed E-state index contributed by atoms with van der Waals surface area (Å²) in [4.78, 5) is 0. The molecule has 3 heteroatoms. The molecule has 1 aromatic rings. The normalized spacial score (nSPS) is 9.90. The maximum absolute atomic E-state index is 9.07. The molecular weight excluding hydrogens is 260 g/mol. The van der Waals surface area contributed by atoms with Crippen LogP contribution in [0.25, 0.3) is 0 Å². The van der Waals surface area contributed by atoms with E-state index in [4.69, 9.17) is 5.11 Å². The Kier molecular flexibility index (Phi) is 2.36. The molecule has 1 N–H and O–H groups in total. The van der Waals surface area contributed by atoms with E-state index in [0.29, 0.717) is 0 Å². The smallest absolute Gasteiger partial charge is 0.117 e. The molecule has 54 valence electrons. The zero-order valence-electron chi connectivity index (χ0n) is 5.36. The molecule has 0 aliphatic rings. The van der Waals surface area contributed by atoms with Gasteiger partial charge in [0.2, 0.25) is 0 Å². The lowest BCUT2D eigenvalue weighted by atomic mass is 10.2. The fourth-order valence-electron chi connectivity index (χ4n) is 0.708. The number of aromatic hydroxyl groups is 1. The lowest BCUT2D eigenvalue weighted by Crippen LogP contribution is -1.76. The van der Waals surface area contributed by atoms with E-state index in [1.165, 1.54) is 0 Å². The van der Waals surface area contributed by atoms with Gasteiger partial charge in [0.25, 0.3) is 0 Å². The fourth-order valence-corrected chi connectivity index (χ4v) is 1.48. The van der Waals surface area contributed by atoms with Crippen molar-refractivity contribution < 1.29 is 5.11 Å². The number of benzene rings is 1. The number of hydrogen-bond acceptors (Lipinski definition) is 1. The molecule has 0 saturated carbocycles. The Bertz CT molecular complexity index is 235. The standard InChI is InChI=1S/C7H6Br2O/c1-4-2-5(10)3-6(8)7(4)9/h2-3,10H,1H3. The first kappa shape index (κ1) is 8.08. The third kappa shape index (κ3) is 1.52. The van der Waals surface area contributed by atoms with Gasteiger partial charge in [-0.3, -0.25) is 0 Å². The fraction of sp³-hybridized carbons (Fsp3) is 0.143. The van der Waals surface area contributed by atoms with Gasteiger partial charge >= 0.3 is 0 Å². The number of aryl methyl sites for hydroxylation is 1. The van der Waals surface area contributed by atoms with Crippen LogP contribution in [0.5, 0.6) is 5.75 Å². The van der Waals surface area contributed by atoms with Crippen LogP contribution in [-0.4, -0.2) is 5.11 Å². The minimum Gasteiger partial charge on any atom is -0.508 e. The average Bonchev–Trinajstić information content (AvgIpc) is 1.82. The molecule has 0 atom stereocenters. The van der Waals surface area contributed by atoms with Gasteiger partial charge in [-0.2, -0.15) is 0 Å². The van der Waals surface area contributed by atoms with Gasteiger partial charge < -0.3 is 5.11 Å². The maximum atomic E-state index is 9.07. The zero-order valence-corrected chi connectivity index (χ0v) is 8.53. The minimum absolute atomic E-state index is 0.285. The van der Waals surface area contributed by atoms with E-state index in [2.05, 4.69) is 31.9 Å². The third-order valence-corrected chi connectivity index (χ3v) is 3.40. The number of hydrogen-bond donors (Lipinski definition) is 1. The zero-order chi connectivity index (χ0) is 7.72. The summed E-state index contributed by atoms with van der Waals surface area (Å²) in [5, 5.41) is 9.07. The molecule has 1 aromatic carbocycles. The quantitative estimate of drug-likeness (QED) is 0.764. The van der Waals surface area contributed by atoms with Gasteiger partial charge in [-0.15, -0.1) is 0 Å². The van der Waals surface area contributed by atoms with Crippen molar-refractivity contribution in [1.82, 2.24) is 0 Å². The highest BCUT2D eigenvalue weighted by molar-refractivity contribution is 9.13. The van der Waals surface area contributed by atoms with E-state index in [1.54, 1.807) is 12.1 Å². The molecule has 0 fully saturated rings. The highest BCUT2D eigenvalue weighted by Gasteiger charge is 2.00. The first-order valence-corrected chi connectivity index (χ1v) is 4.34. The Morgan fingerprint density at radius 3 is 2.40 bits per heavy atom. The van der Waals surface area contributed by atoms with E-state index in [0.717, 1.165) is 14.5 Å². The number of rotatable bonds is 0. The number of halogens is 2. The highest BCUT2D eigenvalue weighted by Crippen LogP contribution is 2.30. The summed E-state index contributed by atoms with van der Waals surface area (Å²) in [7, 11) is 0. The lowest BCUT2D eigenvalue weighted by molar-refractivity contribution is 0.474. The first-order chi connectivity index (χ1) is 4.61. The summed E-state index contributed by atoms with van der Waals surface area (Å²) < 4.78 is 1.87. The second kappa shape index (κ2) is 2.93. The molecule has 0 amide bonds. The van der Waals surface area contributed by atoms with E-state index >= 15 is 0 Å². The van der Waals surface area contributed by atoms with E-state index in [1.807, 2.05) is 6.92 Å². The minimum atomic E-state index is 0.285. The lowest BCUT2D eigenvalue weighted by Gasteiger charge is -2.00. The molecule has 0 bridgehead atoms. The van der Waals surface area contributed by atoms with Crippen molar-refractivity contribution in [3.63, 3.8) is 0 Å². The Morgan fingerprint density at radius 1 is 1.30 bits per heavy atom. The van der Waals surface area contributed by atoms with Gasteiger partial charge in [0, 0.05) is 8.95 Å². The predicted molar refractivity (Wildman–Crippen MR) is 48.2 cm³/mol. The van der Waals surface area contributed by atoms with Crippen LogP contribution < -0.4 is 0 Å². The van der Waals surface area contributed by atoms with Crippen molar-refractivity contribution in [2.45, 2.75) is 6.92 Å². The molecule has 1 rings (SSSR count). The van der Waals surface area contributed by atoms with Crippen LogP contribution in [0.4, 0.5) is 0 Å². The van der Waals surface area contributed by atoms with Crippen LogP contribution >= 0.6 is 31.9 Å². The molecule has 0 saturated heterocycles. The number of phenolic OH excluding ortho intramolecular Hbond substituents is 1. The average molecular weight is 266 g/mol. The Hall–Kier alpha value is -0.0200. The SMILES string of the molecule is Cc1cc(O)cc(Br)c1Br. The van der Waals surface area contributed by atoms with Crippen molar-refractivity contribution in [1.29, 1.82) is 0 Å². The summed E-state index contributed by atoms with van der Waals surface area (Å²) in [6, 6.07) is 3.35. The topological polar surface area (TPSA) is 20.2 Å². The number of phenols is 1. The largest absolute Gasteiger partial charge is 0.508 e. The molecule has 0 unspecified atom stereocenters. The summed E-state index contributed by atoms with van der Waals surface area (Å²) >= 11 is 6.65. The van der Waals surface area contributed by atoms with Gasteiger partial charge in [0.05, 0.1) is 0 Å². The summed E-state index contributed by atoms with van der Waals surface area (Å²) in [6.45, 7) is 1.93. The second-order valence-electron chi connectivity index (χ2n) is 2.06. The van der Waals surface area contributed by atoms with Crippen LogP contribution in [-0.2, 0) is 0 Å². The van der Waals surface area contributed by atoms with Crippen molar-refractivity contribution in [2.75, 3.05) is 0 Å².